The van der Waals surface area contributed by atoms with Crippen LogP contribution in [0.1, 0.15) is 23.2 Å². The van der Waals surface area contributed by atoms with Gasteiger partial charge in [0.05, 0.1) is 17.7 Å². The van der Waals surface area contributed by atoms with Gasteiger partial charge in [-0.2, -0.15) is 0 Å². The minimum Gasteiger partial charge on any atom is -0.495 e. The van der Waals surface area contributed by atoms with Gasteiger partial charge in [-0.15, -0.1) is 0 Å². The van der Waals surface area contributed by atoms with Gasteiger partial charge < -0.3 is 20.5 Å². The summed E-state index contributed by atoms with van der Waals surface area (Å²) in [6.45, 7) is 0. The number of benzene rings is 2. The first-order valence-electron chi connectivity index (χ1n) is 8.54. The molecule has 3 rings (SSSR count). The zero-order chi connectivity index (χ0) is 20.1. The molecule has 0 aliphatic heterocycles. The number of anilines is 2. The number of methoxy groups -OCH3 is 1. The molecule has 2 aromatic rings. The minimum atomic E-state index is -0.449. The first kappa shape index (κ1) is 19.0. The average molecular weight is 381 g/mol. The van der Waals surface area contributed by atoms with Gasteiger partial charge in [0.15, 0.2) is 0 Å². The Kier molecular flexibility index (Phi) is 5.59. The molecule has 144 valence electrons. The van der Waals surface area contributed by atoms with Gasteiger partial charge in [-0.1, -0.05) is 18.2 Å². The number of ether oxygens (including phenoxy) is 2. The minimum absolute atomic E-state index is 0.120. The van der Waals surface area contributed by atoms with Crippen molar-refractivity contribution in [2.24, 2.45) is 0 Å². The third-order valence-electron chi connectivity index (χ3n) is 4.21. The summed E-state index contributed by atoms with van der Waals surface area (Å²) in [6.07, 6.45) is 3.55. The summed E-state index contributed by atoms with van der Waals surface area (Å²) in [5.41, 5.74) is 7.07. The number of allylic oxidation sites excluding steroid dienone is 4. The molecule has 1 aliphatic rings. The molecule has 0 spiro atoms. The fraction of sp³-hybridized carbons (Fsp3) is 0.150. The molecule has 3 N–H and O–H groups in total. The second-order valence-corrected chi connectivity index (χ2v) is 6.02. The summed E-state index contributed by atoms with van der Waals surface area (Å²) in [4.78, 5) is 23.3. The number of rotatable bonds is 6. The van der Waals surface area contributed by atoms with Crippen LogP contribution in [0.15, 0.2) is 66.1 Å². The van der Waals surface area contributed by atoms with E-state index in [-0.39, 0.29) is 29.1 Å². The number of nitrogens with two attached hydrogens (primary N) is 1. The van der Waals surface area contributed by atoms with Crippen molar-refractivity contribution in [2.75, 3.05) is 18.2 Å². The maximum atomic E-state index is 12.9. The van der Waals surface area contributed by atoms with E-state index in [2.05, 4.69) is 5.32 Å². The Morgan fingerprint density at radius 3 is 2.54 bits per heavy atom. The van der Waals surface area contributed by atoms with E-state index in [1.807, 2.05) is 0 Å². The van der Waals surface area contributed by atoms with Gasteiger partial charge in [0.1, 0.15) is 22.8 Å². The second-order valence-electron chi connectivity index (χ2n) is 6.02. The van der Waals surface area contributed by atoms with Crippen molar-refractivity contribution >= 4 is 17.3 Å². The molecule has 2 aromatic carbocycles. The molecular formula is C20H19N3O5. The van der Waals surface area contributed by atoms with Crippen LogP contribution in [0.2, 0.25) is 0 Å². The number of nitrogens with zero attached hydrogens (tertiary/aromatic N) is 1. The summed E-state index contributed by atoms with van der Waals surface area (Å²) < 4.78 is 11.1. The zero-order valence-electron chi connectivity index (χ0n) is 15.2. The van der Waals surface area contributed by atoms with Crippen molar-refractivity contribution in [3.8, 4) is 11.5 Å². The maximum Gasteiger partial charge on any atom is 0.261 e. The number of hydrogen-bond donors (Lipinski definition) is 2. The molecule has 1 aliphatic carbocycles. The van der Waals surface area contributed by atoms with Gasteiger partial charge in [0.2, 0.25) is 5.70 Å². The Labute approximate surface area is 161 Å². The molecule has 8 heteroatoms. The third-order valence-corrected chi connectivity index (χ3v) is 4.21. The Morgan fingerprint density at radius 2 is 1.86 bits per heavy atom. The number of nitrogen functional groups attached to an aromatic ring is 1. The van der Waals surface area contributed by atoms with Crippen LogP contribution in [0, 0.1) is 10.1 Å². The highest BCUT2D eigenvalue weighted by molar-refractivity contribution is 6.10. The van der Waals surface area contributed by atoms with Crippen LogP contribution >= 0.6 is 0 Å². The van der Waals surface area contributed by atoms with Crippen molar-refractivity contribution in [3.05, 3.63) is 81.8 Å². The fourth-order valence-corrected chi connectivity index (χ4v) is 2.79. The average Bonchev–Trinajstić information content (AvgIpc) is 2.69. The summed E-state index contributed by atoms with van der Waals surface area (Å²) >= 11 is 0. The van der Waals surface area contributed by atoms with Crippen LogP contribution in [0.5, 0.6) is 11.5 Å². The maximum absolute atomic E-state index is 12.9. The molecular weight excluding hydrogens is 362 g/mol. The number of carbonyl (C=O) groups is 1. The topological polar surface area (TPSA) is 117 Å². The van der Waals surface area contributed by atoms with Gasteiger partial charge in [0.25, 0.3) is 5.91 Å². The lowest BCUT2D eigenvalue weighted by Crippen LogP contribution is -2.16. The van der Waals surface area contributed by atoms with E-state index in [0.29, 0.717) is 23.6 Å². The number of nitrogens with one attached hydrogen (secondary N) is 1. The monoisotopic (exact) mass is 381 g/mol. The number of hydrogen-bond acceptors (Lipinski definition) is 6. The SMILES string of the molecule is COc1ccccc1NC(=O)c1c(N)cccc1OC1=CC=C([N+](=O)[O-])CC1. The zero-order valence-corrected chi connectivity index (χ0v) is 15.2. The summed E-state index contributed by atoms with van der Waals surface area (Å²) in [7, 11) is 1.51. The van der Waals surface area contributed by atoms with Crippen LogP contribution in [-0.2, 0) is 0 Å². The molecule has 0 unspecified atom stereocenters. The molecule has 0 saturated heterocycles. The highest BCUT2D eigenvalue weighted by Crippen LogP contribution is 2.31. The van der Waals surface area contributed by atoms with Crippen LogP contribution in [0.25, 0.3) is 0 Å². The van der Waals surface area contributed by atoms with E-state index in [1.54, 1.807) is 42.5 Å². The van der Waals surface area contributed by atoms with E-state index < -0.39 is 10.8 Å². The lowest BCUT2D eigenvalue weighted by atomic mass is 10.1. The number of nitro groups is 1. The smallest absolute Gasteiger partial charge is 0.261 e. The molecule has 0 radical (unpaired) electrons. The standard InChI is InChI=1S/C20H19N3O5/c1-27-17-7-3-2-6-16(17)22-20(24)19-15(21)5-4-8-18(19)28-14-11-9-13(10-12-14)23(25)26/h2-9,11H,10,12,21H2,1H3,(H,22,24). The third kappa shape index (κ3) is 4.12. The normalized spacial score (nSPS) is 13.2. The largest absolute Gasteiger partial charge is 0.495 e. The van der Waals surface area contributed by atoms with Crippen molar-refractivity contribution in [1.29, 1.82) is 0 Å². The van der Waals surface area contributed by atoms with E-state index in [1.165, 1.54) is 19.3 Å². The highest BCUT2D eigenvalue weighted by atomic mass is 16.6. The lowest BCUT2D eigenvalue weighted by Gasteiger charge is -2.17. The molecule has 0 aromatic heterocycles. The van der Waals surface area contributed by atoms with Gasteiger partial charge in [-0.25, -0.2) is 0 Å². The quantitative estimate of drug-likeness (QED) is 0.447. The molecule has 8 nitrogen and oxygen atoms in total. The van der Waals surface area contributed by atoms with E-state index >= 15 is 0 Å². The summed E-state index contributed by atoms with van der Waals surface area (Å²) in [5, 5.41) is 13.6. The second kappa shape index (κ2) is 8.26. The molecule has 0 heterocycles. The molecule has 0 bridgehead atoms. The van der Waals surface area contributed by atoms with Crippen LogP contribution in [0.3, 0.4) is 0 Å². The number of carbonyl (C=O) groups excluding carboxylic acids is 1. The first-order valence-corrected chi connectivity index (χ1v) is 8.54. The van der Waals surface area contributed by atoms with Crippen LogP contribution in [-0.4, -0.2) is 17.9 Å². The molecule has 0 saturated carbocycles. The van der Waals surface area contributed by atoms with Gasteiger partial charge in [-0.05, 0) is 30.3 Å². The van der Waals surface area contributed by atoms with Crippen molar-refractivity contribution in [1.82, 2.24) is 0 Å². The van der Waals surface area contributed by atoms with E-state index in [9.17, 15) is 14.9 Å². The molecule has 28 heavy (non-hydrogen) atoms. The van der Waals surface area contributed by atoms with Crippen molar-refractivity contribution < 1.29 is 19.2 Å². The fourth-order valence-electron chi connectivity index (χ4n) is 2.79. The Balaban J connectivity index is 1.86. The lowest BCUT2D eigenvalue weighted by molar-refractivity contribution is -0.428. The predicted octanol–water partition coefficient (Wildman–Crippen LogP) is 3.75. The van der Waals surface area contributed by atoms with Crippen molar-refractivity contribution in [2.45, 2.75) is 12.8 Å². The predicted molar refractivity (Wildman–Crippen MR) is 105 cm³/mol. The number of para-hydroxylation sites is 2. The highest BCUT2D eigenvalue weighted by Gasteiger charge is 2.21. The van der Waals surface area contributed by atoms with Gasteiger partial charge >= 0.3 is 0 Å². The van der Waals surface area contributed by atoms with E-state index in [4.69, 9.17) is 15.2 Å². The first-order chi connectivity index (χ1) is 13.5. The number of amides is 1. The summed E-state index contributed by atoms with van der Waals surface area (Å²) in [6, 6.07) is 11.9. The Morgan fingerprint density at radius 1 is 1.11 bits per heavy atom. The molecule has 1 amide bonds. The Bertz CT molecular complexity index is 982. The summed E-state index contributed by atoms with van der Waals surface area (Å²) in [5.74, 6) is 0.856. The Hall–Kier alpha value is -3.81. The molecule has 0 fully saturated rings. The van der Waals surface area contributed by atoms with Gasteiger partial charge in [-0.3, -0.25) is 14.9 Å². The van der Waals surface area contributed by atoms with Crippen molar-refractivity contribution in [3.63, 3.8) is 0 Å². The van der Waals surface area contributed by atoms with E-state index in [0.717, 1.165) is 0 Å². The van der Waals surface area contributed by atoms with Crippen LogP contribution in [0.4, 0.5) is 11.4 Å². The van der Waals surface area contributed by atoms with Gasteiger partial charge in [0, 0.05) is 24.6 Å². The van der Waals surface area contributed by atoms with Crippen LogP contribution < -0.4 is 20.5 Å². The molecule has 0 atom stereocenters.